The zero-order chi connectivity index (χ0) is 20.2. The smallest absolute Gasteiger partial charge is 0.235 e. The first kappa shape index (κ1) is 18.5. The molecule has 2 aliphatic rings. The largest absolute Gasteiger partial charge is 0.295 e. The topological polar surface area (TPSA) is 62.6 Å². The molecule has 0 saturated carbocycles. The highest BCUT2D eigenvalue weighted by atomic mass is 32.1. The summed E-state index contributed by atoms with van der Waals surface area (Å²) in [5.74, 6) is -5.25. The predicted molar refractivity (Wildman–Crippen MR) is 96.0 cm³/mol. The number of thiazole rings is 1. The standard InChI is InChI=1S/C19H14F3N3O2S/c1-8-7-12-13(9(2)26)16(10-3-4-11(20)15(22)14(10)21)24-17(25(12)19(8)27)18-23-5-6-28-18/h3-6,8,16H,7H2,1-2H3/t8-,16-/m0/s1. The van der Waals surface area contributed by atoms with Crippen LogP contribution in [-0.4, -0.2) is 27.4 Å². The third-order valence-corrected chi connectivity index (χ3v) is 5.59. The fraction of sp³-hybridized carbons (Fsp3) is 0.263. The summed E-state index contributed by atoms with van der Waals surface area (Å²) in [5, 5.41) is 2.11. The molecule has 2 aromatic rings. The fourth-order valence-electron chi connectivity index (χ4n) is 3.54. The van der Waals surface area contributed by atoms with Gasteiger partial charge < -0.3 is 0 Å². The molecule has 4 rings (SSSR count). The molecular weight excluding hydrogens is 391 g/mol. The molecule has 1 amide bonds. The maximum absolute atomic E-state index is 14.5. The van der Waals surface area contributed by atoms with E-state index in [2.05, 4.69) is 9.98 Å². The number of hydrogen-bond acceptors (Lipinski definition) is 5. The van der Waals surface area contributed by atoms with Crippen LogP contribution in [0.15, 0.2) is 40.0 Å². The normalized spacial score (nSPS) is 21.8. The van der Waals surface area contributed by atoms with Gasteiger partial charge in [-0.3, -0.25) is 19.5 Å². The van der Waals surface area contributed by atoms with E-state index in [4.69, 9.17) is 0 Å². The number of amidine groups is 1. The SMILES string of the molecule is CC(=O)C1=C2C[C@H](C)C(=O)N2C(c2nccs2)=N[C@H]1c1ccc(F)c(F)c1F. The summed E-state index contributed by atoms with van der Waals surface area (Å²) in [6.45, 7) is 3.00. The summed E-state index contributed by atoms with van der Waals surface area (Å²) < 4.78 is 41.8. The Hall–Kier alpha value is -2.81. The van der Waals surface area contributed by atoms with Gasteiger partial charge in [-0.1, -0.05) is 13.0 Å². The van der Waals surface area contributed by atoms with Gasteiger partial charge in [0.2, 0.25) is 5.91 Å². The van der Waals surface area contributed by atoms with Crippen molar-refractivity contribution in [3.8, 4) is 0 Å². The van der Waals surface area contributed by atoms with Gasteiger partial charge in [0, 0.05) is 40.7 Å². The number of ketones is 1. The maximum atomic E-state index is 14.5. The molecule has 1 fully saturated rings. The molecule has 0 bridgehead atoms. The Balaban J connectivity index is 1.99. The number of carbonyl (C=O) groups excluding carboxylic acids is 2. The van der Waals surface area contributed by atoms with Crippen LogP contribution < -0.4 is 0 Å². The van der Waals surface area contributed by atoms with Crippen molar-refractivity contribution < 1.29 is 22.8 Å². The van der Waals surface area contributed by atoms with Crippen molar-refractivity contribution in [2.75, 3.05) is 0 Å². The molecule has 1 aromatic carbocycles. The van der Waals surface area contributed by atoms with Crippen molar-refractivity contribution in [1.82, 2.24) is 9.88 Å². The number of benzene rings is 1. The number of aliphatic imine (C=N–C) groups is 1. The number of carbonyl (C=O) groups is 2. The van der Waals surface area contributed by atoms with Crippen LogP contribution in [0, 0.1) is 23.4 Å². The van der Waals surface area contributed by atoms with Crippen LogP contribution in [-0.2, 0) is 9.59 Å². The van der Waals surface area contributed by atoms with Gasteiger partial charge >= 0.3 is 0 Å². The van der Waals surface area contributed by atoms with Gasteiger partial charge in [-0.05, 0) is 13.0 Å². The molecule has 9 heteroatoms. The third-order valence-electron chi connectivity index (χ3n) is 4.82. The molecule has 5 nitrogen and oxygen atoms in total. The van der Waals surface area contributed by atoms with Crippen LogP contribution in [0.5, 0.6) is 0 Å². The number of fused-ring (bicyclic) bond motifs is 1. The lowest BCUT2D eigenvalue weighted by molar-refractivity contribution is -0.126. The molecule has 0 N–H and O–H groups in total. The molecule has 0 radical (unpaired) electrons. The number of hydrogen-bond donors (Lipinski definition) is 0. The van der Waals surface area contributed by atoms with Crippen LogP contribution in [0.2, 0.25) is 0 Å². The summed E-state index contributed by atoms with van der Waals surface area (Å²) in [4.78, 5) is 35.1. The summed E-state index contributed by atoms with van der Waals surface area (Å²) in [7, 11) is 0. The summed E-state index contributed by atoms with van der Waals surface area (Å²) in [5.41, 5.74) is 0.236. The average Bonchev–Trinajstić information content (AvgIpc) is 3.28. The van der Waals surface area contributed by atoms with E-state index in [0.29, 0.717) is 10.7 Å². The number of aromatic nitrogens is 1. The first-order valence-electron chi connectivity index (χ1n) is 8.50. The van der Waals surface area contributed by atoms with Crippen LogP contribution in [0.25, 0.3) is 0 Å². The first-order chi connectivity index (χ1) is 13.3. The van der Waals surface area contributed by atoms with E-state index in [1.807, 2.05) is 0 Å². The number of amides is 1. The Labute approximate surface area is 162 Å². The Kier molecular flexibility index (Phi) is 4.41. The quantitative estimate of drug-likeness (QED) is 0.731. The minimum Gasteiger partial charge on any atom is -0.295 e. The van der Waals surface area contributed by atoms with Crippen LogP contribution in [0.1, 0.15) is 36.9 Å². The number of halogens is 3. The van der Waals surface area contributed by atoms with Gasteiger partial charge in [0.1, 0.15) is 6.04 Å². The number of Topliss-reactive ketones (excluding diaryl/α,β-unsaturated/α-hetero) is 1. The zero-order valence-corrected chi connectivity index (χ0v) is 15.7. The van der Waals surface area contributed by atoms with E-state index in [-0.39, 0.29) is 29.3 Å². The van der Waals surface area contributed by atoms with Gasteiger partial charge in [-0.25, -0.2) is 18.2 Å². The number of rotatable bonds is 3. The fourth-order valence-corrected chi connectivity index (χ4v) is 4.17. The van der Waals surface area contributed by atoms with Crippen molar-refractivity contribution in [2.45, 2.75) is 26.3 Å². The van der Waals surface area contributed by atoms with Crippen molar-refractivity contribution in [3.05, 3.63) is 63.0 Å². The zero-order valence-electron chi connectivity index (χ0n) is 14.9. The van der Waals surface area contributed by atoms with Crippen molar-refractivity contribution >= 4 is 28.9 Å². The molecule has 2 aliphatic heterocycles. The van der Waals surface area contributed by atoms with Crippen molar-refractivity contribution in [2.24, 2.45) is 10.9 Å². The average molecular weight is 405 g/mol. The van der Waals surface area contributed by atoms with E-state index in [1.54, 1.807) is 12.3 Å². The van der Waals surface area contributed by atoms with Crippen molar-refractivity contribution in [3.63, 3.8) is 0 Å². The number of allylic oxidation sites excluding steroid dienone is 1. The lowest BCUT2D eigenvalue weighted by atomic mass is 9.91. The first-order valence-corrected chi connectivity index (χ1v) is 9.38. The Morgan fingerprint density at radius 2 is 2.00 bits per heavy atom. The maximum Gasteiger partial charge on any atom is 0.235 e. The van der Waals surface area contributed by atoms with Crippen LogP contribution >= 0.6 is 11.3 Å². The highest BCUT2D eigenvalue weighted by molar-refractivity contribution is 7.11. The van der Waals surface area contributed by atoms with Gasteiger partial charge in [0.25, 0.3) is 0 Å². The minimum absolute atomic E-state index is 0.0999. The molecule has 28 heavy (non-hydrogen) atoms. The van der Waals surface area contributed by atoms with E-state index in [9.17, 15) is 22.8 Å². The van der Waals surface area contributed by atoms with Crippen LogP contribution in [0.4, 0.5) is 13.2 Å². The monoisotopic (exact) mass is 405 g/mol. The lowest BCUT2D eigenvalue weighted by Gasteiger charge is -2.30. The highest BCUT2D eigenvalue weighted by Crippen LogP contribution is 2.43. The molecule has 3 heterocycles. The van der Waals surface area contributed by atoms with Gasteiger partial charge in [0.05, 0.1) is 0 Å². The second-order valence-electron chi connectivity index (χ2n) is 6.65. The van der Waals surface area contributed by atoms with Gasteiger partial charge in [0.15, 0.2) is 34.1 Å². The minimum atomic E-state index is -1.63. The Morgan fingerprint density at radius 1 is 1.25 bits per heavy atom. The highest BCUT2D eigenvalue weighted by Gasteiger charge is 2.45. The summed E-state index contributed by atoms with van der Waals surface area (Å²) in [6.07, 6.45) is 1.80. The second kappa shape index (κ2) is 6.66. The van der Waals surface area contributed by atoms with Gasteiger partial charge in [-0.15, -0.1) is 11.3 Å². The second-order valence-corrected chi connectivity index (χ2v) is 7.55. The number of nitrogens with zero attached hydrogens (tertiary/aromatic N) is 3. The molecule has 1 aromatic heterocycles. The van der Waals surface area contributed by atoms with Crippen LogP contribution in [0.3, 0.4) is 0 Å². The third kappa shape index (κ3) is 2.69. The Bertz CT molecular complexity index is 1060. The molecule has 0 spiro atoms. The molecule has 2 atom stereocenters. The van der Waals surface area contributed by atoms with Crippen molar-refractivity contribution in [1.29, 1.82) is 0 Å². The Morgan fingerprint density at radius 3 is 2.64 bits per heavy atom. The van der Waals surface area contributed by atoms with E-state index in [0.717, 1.165) is 12.1 Å². The summed E-state index contributed by atoms with van der Waals surface area (Å²) >= 11 is 1.23. The summed E-state index contributed by atoms with van der Waals surface area (Å²) in [6, 6.07) is 0.667. The molecule has 1 saturated heterocycles. The van der Waals surface area contributed by atoms with E-state index < -0.39 is 35.2 Å². The molecular formula is C19H14F3N3O2S. The van der Waals surface area contributed by atoms with Gasteiger partial charge in [-0.2, -0.15) is 0 Å². The molecule has 0 unspecified atom stereocenters. The predicted octanol–water partition coefficient (Wildman–Crippen LogP) is 3.77. The lowest BCUT2D eigenvalue weighted by Crippen LogP contribution is -2.38. The molecule has 144 valence electrons. The van der Waals surface area contributed by atoms with E-state index >= 15 is 0 Å². The van der Waals surface area contributed by atoms with E-state index in [1.165, 1.54) is 29.4 Å². The molecule has 0 aliphatic carbocycles.